The fourth-order valence-electron chi connectivity index (χ4n) is 3.01. The van der Waals surface area contributed by atoms with Crippen LogP contribution in [0.5, 0.6) is 5.75 Å². The molecule has 5 nitrogen and oxygen atoms in total. The van der Waals surface area contributed by atoms with Crippen LogP contribution in [-0.2, 0) is 4.79 Å². The smallest absolute Gasteiger partial charge is 0.253 e. The van der Waals surface area contributed by atoms with E-state index < -0.39 is 0 Å². The van der Waals surface area contributed by atoms with Crippen molar-refractivity contribution in [1.29, 1.82) is 0 Å². The normalized spacial score (nSPS) is 14.4. The number of rotatable bonds is 5. The van der Waals surface area contributed by atoms with E-state index in [1.54, 1.807) is 28.0 Å². The molecule has 1 heterocycles. The predicted molar refractivity (Wildman–Crippen MR) is 106 cm³/mol. The average molecular weight is 364 g/mol. The molecule has 2 aromatic rings. The Kier molecular flexibility index (Phi) is 6.26. The maximum Gasteiger partial charge on any atom is 0.253 e. The third-order valence-electron chi connectivity index (χ3n) is 4.51. The third-order valence-corrected chi connectivity index (χ3v) is 4.51. The molecule has 0 saturated carbocycles. The van der Waals surface area contributed by atoms with Gasteiger partial charge in [0.2, 0.25) is 5.91 Å². The Hall–Kier alpha value is -3.08. The SMILES string of the molecule is CCOc1ccc(C(=O)N2CCN(C(=O)/C=C/c3ccccc3)CC2)cc1. The number of ether oxygens (including phenoxy) is 1. The van der Waals surface area contributed by atoms with Gasteiger partial charge in [0.15, 0.2) is 0 Å². The maximum atomic E-state index is 12.6. The highest BCUT2D eigenvalue weighted by molar-refractivity contribution is 5.95. The van der Waals surface area contributed by atoms with Crippen LogP contribution in [0.4, 0.5) is 0 Å². The van der Waals surface area contributed by atoms with Crippen molar-refractivity contribution in [2.45, 2.75) is 6.92 Å². The van der Waals surface area contributed by atoms with Crippen molar-refractivity contribution in [2.24, 2.45) is 0 Å². The van der Waals surface area contributed by atoms with Crippen molar-refractivity contribution in [3.8, 4) is 5.75 Å². The zero-order valence-corrected chi connectivity index (χ0v) is 15.5. The second kappa shape index (κ2) is 9.03. The van der Waals surface area contributed by atoms with E-state index in [1.807, 2.05) is 55.5 Å². The summed E-state index contributed by atoms with van der Waals surface area (Å²) in [6.07, 6.45) is 3.42. The molecule has 1 saturated heterocycles. The van der Waals surface area contributed by atoms with E-state index in [1.165, 1.54) is 0 Å². The summed E-state index contributed by atoms with van der Waals surface area (Å²) >= 11 is 0. The standard InChI is InChI=1S/C22H24N2O3/c1-2-27-20-11-9-19(10-12-20)22(26)24-16-14-23(15-17-24)21(25)13-8-18-6-4-3-5-7-18/h3-13H,2,14-17H2,1H3/b13-8+. The van der Waals surface area contributed by atoms with Gasteiger partial charge in [-0.3, -0.25) is 9.59 Å². The molecular weight excluding hydrogens is 340 g/mol. The first kappa shape index (κ1) is 18.7. The Morgan fingerprint density at radius 3 is 2.19 bits per heavy atom. The van der Waals surface area contributed by atoms with Gasteiger partial charge in [-0.25, -0.2) is 0 Å². The summed E-state index contributed by atoms with van der Waals surface area (Å²) in [5.74, 6) is 0.728. The molecule has 0 spiro atoms. The molecule has 27 heavy (non-hydrogen) atoms. The summed E-state index contributed by atoms with van der Waals surface area (Å²) < 4.78 is 5.41. The molecule has 2 aromatic carbocycles. The Balaban J connectivity index is 1.52. The number of piperazine rings is 1. The van der Waals surface area contributed by atoms with Gasteiger partial charge in [0, 0.05) is 37.8 Å². The van der Waals surface area contributed by atoms with Crippen LogP contribution in [0.3, 0.4) is 0 Å². The van der Waals surface area contributed by atoms with Crippen molar-refractivity contribution in [1.82, 2.24) is 9.80 Å². The molecule has 0 N–H and O–H groups in total. The summed E-state index contributed by atoms with van der Waals surface area (Å²) in [5.41, 5.74) is 1.64. The zero-order valence-electron chi connectivity index (χ0n) is 15.5. The summed E-state index contributed by atoms with van der Waals surface area (Å²) in [5, 5.41) is 0. The molecule has 0 radical (unpaired) electrons. The molecule has 2 amide bonds. The van der Waals surface area contributed by atoms with E-state index in [2.05, 4.69) is 0 Å². The van der Waals surface area contributed by atoms with Gasteiger partial charge in [0.05, 0.1) is 6.61 Å². The number of hydrogen-bond acceptors (Lipinski definition) is 3. The lowest BCUT2D eigenvalue weighted by molar-refractivity contribution is -0.127. The number of carbonyl (C=O) groups excluding carboxylic acids is 2. The lowest BCUT2D eigenvalue weighted by Crippen LogP contribution is -2.50. The Labute approximate surface area is 159 Å². The fourth-order valence-corrected chi connectivity index (χ4v) is 3.01. The minimum atomic E-state index is -0.0213. The predicted octanol–water partition coefficient (Wildman–Crippen LogP) is 3.08. The monoisotopic (exact) mass is 364 g/mol. The summed E-state index contributed by atoms with van der Waals surface area (Å²) in [7, 11) is 0. The van der Waals surface area contributed by atoms with E-state index >= 15 is 0 Å². The highest BCUT2D eigenvalue weighted by atomic mass is 16.5. The van der Waals surface area contributed by atoms with Crippen LogP contribution < -0.4 is 4.74 Å². The quantitative estimate of drug-likeness (QED) is 0.766. The number of benzene rings is 2. The summed E-state index contributed by atoms with van der Waals surface area (Å²) in [6.45, 7) is 4.69. The first-order valence-corrected chi connectivity index (χ1v) is 9.21. The van der Waals surface area contributed by atoms with Crippen molar-refractivity contribution < 1.29 is 14.3 Å². The van der Waals surface area contributed by atoms with Gasteiger partial charge in [-0.15, -0.1) is 0 Å². The molecule has 5 heteroatoms. The van der Waals surface area contributed by atoms with Crippen molar-refractivity contribution >= 4 is 17.9 Å². The van der Waals surface area contributed by atoms with E-state index in [9.17, 15) is 9.59 Å². The summed E-state index contributed by atoms with van der Waals surface area (Å²) in [6, 6.07) is 16.9. The van der Waals surface area contributed by atoms with Crippen LogP contribution in [0.2, 0.25) is 0 Å². The van der Waals surface area contributed by atoms with Gasteiger partial charge in [-0.1, -0.05) is 30.3 Å². The van der Waals surface area contributed by atoms with Gasteiger partial charge in [0.25, 0.3) is 5.91 Å². The van der Waals surface area contributed by atoms with Crippen molar-refractivity contribution in [2.75, 3.05) is 32.8 Å². The molecule has 0 atom stereocenters. The Morgan fingerprint density at radius 2 is 1.56 bits per heavy atom. The van der Waals surface area contributed by atoms with Crippen LogP contribution in [0.1, 0.15) is 22.8 Å². The fraction of sp³-hybridized carbons (Fsp3) is 0.273. The second-order valence-corrected chi connectivity index (χ2v) is 6.32. The molecule has 140 valence electrons. The highest BCUT2D eigenvalue weighted by Crippen LogP contribution is 2.15. The molecule has 0 unspecified atom stereocenters. The van der Waals surface area contributed by atoms with E-state index in [0.29, 0.717) is 38.3 Å². The van der Waals surface area contributed by atoms with Gasteiger partial charge in [-0.05, 0) is 42.8 Å². The van der Waals surface area contributed by atoms with Gasteiger partial charge in [-0.2, -0.15) is 0 Å². The molecule has 0 aromatic heterocycles. The average Bonchev–Trinajstić information content (AvgIpc) is 2.73. The Bertz CT molecular complexity index is 792. The molecule has 3 rings (SSSR count). The maximum absolute atomic E-state index is 12.6. The van der Waals surface area contributed by atoms with Crippen molar-refractivity contribution in [3.05, 3.63) is 71.8 Å². The number of hydrogen-bond donors (Lipinski definition) is 0. The molecular formula is C22H24N2O3. The molecule has 1 aliphatic heterocycles. The van der Waals surface area contributed by atoms with Crippen LogP contribution >= 0.6 is 0 Å². The molecule has 1 fully saturated rings. The first-order valence-electron chi connectivity index (χ1n) is 9.21. The first-order chi connectivity index (χ1) is 13.2. The minimum absolute atomic E-state index is 0.00928. The lowest BCUT2D eigenvalue weighted by atomic mass is 10.1. The van der Waals surface area contributed by atoms with E-state index in [0.717, 1.165) is 11.3 Å². The molecule has 0 aliphatic carbocycles. The summed E-state index contributed by atoms with van der Waals surface area (Å²) in [4.78, 5) is 28.5. The minimum Gasteiger partial charge on any atom is -0.494 e. The van der Waals surface area contributed by atoms with Gasteiger partial charge in [0.1, 0.15) is 5.75 Å². The number of nitrogens with zero attached hydrogens (tertiary/aromatic N) is 2. The van der Waals surface area contributed by atoms with E-state index in [-0.39, 0.29) is 11.8 Å². The van der Waals surface area contributed by atoms with Gasteiger partial charge < -0.3 is 14.5 Å². The van der Waals surface area contributed by atoms with Crippen molar-refractivity contribution in [3.63, 3.8) is 0 Å². The van der Waals surface area contributed by atoms with Crippen LogP contribution in [0, 0.1) is 0 Å². The number of carbonyl (C=O) groups is 2. The zero-order chi connectivity index (χ0) is 19.1. The Morgan fingerprint density at radius 1 is 0.926 bits per heavy atom. The van der Waals surface area contributed by atoms with Crippen LogP contribution in [0.15, 0.2) is 60.7 Å². The largest absolute Gasteiger partial charge is 0.494 e. The highest BCUT2D eigenvalue weighted by Gasteiger charge is 2.23. The van der Waals surface area contributed by atoms with Crippen LogP contribution in [0.25, 0.3) is 6.08 Å². The third kappa shape index (κ3) is 4.97. The van der Waals surface area contributed by atoms with Crippen LogP contribution in [-0.4, -0.2) is 54.4 Å². The molecule has 0 bridgehead atoms. The lowest BCUT2D eigenvalue weighted by Gasteiger charge is -2.34. The molecule has 1 aliphatic rings. The second-order valence-electron chi connectivity index (χ2n) is 6.32. The van der Waals surface area contributed by atoms with E-state index in [4.69, 9.17) is 4.74 Å². The number of amides is 2. The topological polar surface area (TPSA) is 49.9 Å². The van der Waals surface area contributed by atoms with Gasteiger partial charge >= 0.3 is 0 Å².